The zero-order chi connectivity index (χ0) is 11.6. The van der Waals surface area contributed by atoms with Gasteiger partial charge in [0.2, 0.25) is 5.76 Å². The molecule has 0 bridgehead atoms. The maximum absolute atomic E-state index is 10.9. The first-order chi connectivity index (χ1) is 7.02. The van der Waals surface area contributed by atoms with Gasteiger partial charge in [-0.15, -0.1) is 0 Å². The van der Waals surface area contributed by atoms with E-state index in [9.17, 15) is 20.1 Å². The van der Waals surface area contributed by atoms with E-state index in [-0.39, 0.29) is 11.5 Å². The number of rotatable bonds is 3. The summed E-state index contributed by atoms with van der Waals surface area (Å²) in [5.41, 5.74) is 0. The van der Waals surface area contributed by atoms with Crippen LogP contribution in [-0.2, 0) is 14.3 Å². The third-order valence-corrected chi connectivity index (χ3v) is 2.02. The minimum atomic E-state index is -1.45. The smallest absolute Gasteiger partial charge is 0.378 e. The molecule has 15 heavy (non-hydrogen) atoms. The van der Waals surface area contributed by atoms with Crippen LogP contribution in [0.15, 0.2) is 23.4 Å². The van der Waals surface area contributed by atoms with Gasteiger partial charge in [0.1, 0.15) is 5.76 Å². The molecule has 1 heterocycles. The average molecular weight is 216 g/mol. The van der Waals surface area contributed by atoms with Gasteiger partial charge >= 0.3 is 5.97 Å². The van der Waals surface area contributed by atoms with E-state index in [0.717, 1.165) is 0 Å². The van der Waals surface area contributed by atoms with Crippen molar-refractivity contribution in [2.24, 2.45) is 0 Å². The van der Waals surface area contributed by atoms with Crippen molar-refractivity contribution in [2.75, 3.05) is 7.11 Å². The van der Waals surface area contributed by atoms with E-state index >= 15 is 0 Å². The molecule has 0 aromatic rings. The van der Waals surface area contributed by atoms with Crippen LogP contribution in [0.1, 0.15) is 6.92 Å². The third kappa shape index (κ3) is 1.89. The summed E-state index contributed by atoms with van der Waals surface area (Å²) in [4.78, 5) is 10.9. The van der Waals surface area contributed by atoms with Crippen molar-refractivity contribution >= 4 is 5.97 Å². The minimum Gasteiger partial charge on any atom is -0.510 e. The lowest BCUT2D eigenvalue weighted by molar-refractivity contribution is -0.146. The molecule has 0 saturated heterocycles. The molecule has 0 fully saturated rings. The zero-order valence-corrected chi connectivity index (χ0v) is 8.30. The lowest BCUT2D eigenvalue weighted by Crippen LogP contribution is -2.30. The van der Waals surface area contributed by atoms with Crippen molar-refractivity contribution < 1.29 is 29.6 Å². The van der Waals surface area contributed by atoms with Gasteiger partial charge < -0.3 is 24.8 Å². The summed E-state index contributed by atoms with van der Waals surface area (Å²) in [6.45, 7) is 1.51. The second kappa shape index (κ2) is 4.22. The fourth-order valence-electron chi connectivity index (χ4n) is 1.21. The standard InChI is InChI=1S/C9H12O6/c1-3-4(10)5(11)8-7(14-2)6(12)9(13)15-8/h3,5,8,10-12H,1-2H3/t5-,8+/m0/s1. The van der Waals surface area contributed by atoms with Crippen LogP contribution in [-0.4, -0.2) is 40.6 Å². The first kappa shape index (κ1) is 11.4. The van der Waals surface area contributed by atoms with Crippen LogP contribution in [0, 0.1) is 0 Å². The van der Waals surface area contributed by atoms with Crippen LogP contribution in [0.4, 0.5) is 0 Å². The second-order valence-corrected chi connectivity index (χ2v) is 2.90. The Bertz CT molecular complexity index is 329. The highest BCUT2D eigenvalue weighted by Crippen LogP contribution is 2.26. The number of esters is 1. The second-order valence-electron chi connectivity index (χ2n) is 2.90. The molecule has 84 valence electrons. The number of carbonyl (C=O) groups is 1. The molecule has 0 aromatic heterocycles. The first-order valence-electron chi connectivity index (χ1n) is 4.24. The van der Waals surface area contributed by atoms with Gasteiger partial charge in [-0.2, -0.15) is 0 Å². The van der Waals surface area contributed by atoms with Gasteiger partial charge in [0.25, 0.3) is 0 Å². The Labute approximate surface area is 86.0 Å². The molecule has 0 spiro atoms. The van der Waals surface area contributed by atoms with Gasteiger partial charge in [0.15, 0.2) is 18.0 Å². The summed E-state index contributed by atoms with van der Waals surface area (Å²) in [6.07, 6.45) is -1.40. The largest absolute Gasteiger partial charge is 0.510 e. The number of ether oxygens (including phenoxy) is 2. The molecule has 1 aliphatic heterocycles. The summed E-state index contributed by atoms with van der Waals surface area (Å²) < 4.78 is 9.33. The number of aliphatic hydroxyl groups excluding tert-OH is 3. The summed E-state index contributed by atoms with van der Waals surface area (Å²) in [6, 6.07) is 0. The quantitative estimate of drug-likeness (QED) is 0.459. The van der Waals surface area contributed by atoms with Crippen LogP contribution in [0.3, 0.4) is 0 Å². The van der Waals surface area contributed by atoms with E-state index in [2.05, 4.69) is 4.74 Å². The molecule has 0 amide bonds. The van der Waals surface area contributed by atoms with E-state index in [1.165, 1.54) is 20.1 Å². The number of allylic oxidation sites excluding steroid dienone is 1. The first-order valence-corrected chi connectivity index (χ1v) is 4.24. The number of hydrogen-bond acceptors (Lipinski definition) is 6. The molecule has 2 atom stereocenters. The Morgan fingerprint density at radius 1 is 1.67 bits per heavy atom. The van der Waals surface area contributed by atoms with Crippen LogP contribution in [0.5, 0.6) is 0 Å². The summed E-state index contributed by atoms with van der Waals surface area (Å²) in [5, 5.41) is 28.0. The summed E-state index contributed by atoms with van der Waals surface area (Å²) >= 11 is 0. The monoisotopic (exact) mass is 216 g/mol. The molecule has 0 radical (unpaired) electrons. The molecular formula is C9H12O6. The van der Waals surface area contributed by atoms with E-state index in [4.69, 9.17) is 4.74 Å². The van der Waals surface area contributed by atoms with E-state index in [0.29, 0.717) is 0 Å². The normalized spacial score (nSPS) is 24.1. The zero-order valence-electron chi connectivity index (χ0n) is 8.30. The van der Waals surface area contributed by atoms with Crippen LogP contribution in [0.25, 0.3) is 0 Å². The molecule has 6 nitrogen and oxygen atoms in total. The molecule has 0 aliphatic carbocycles. The Kier molecular flexibility index (Phi) is 3.21. The number of cyclic esters (lactones) is 1. The highest BCUT2D eigenvalue weighted by molar-refractivity contribution is 5.89. The van der Waals surface area contributed by atoms with Crippen molar-refractivity contribution in [3.63, 3.8) is 0 Å². The fourth-order valence-corrected chi connectivity index (χ4v) is 1.21. The number of carbonyl (C=O) groups excluding carboxylic acids is 1. The summed E-state index contributed by atoms with van der Waals surface area (Å²) in [5.74, 6) is -2.23. The fraction of sp³-hybridized carbons (Fsp3) is 0.444. The van der Waals surface area contributed by atoms with Gasteiger partial charge in [0, 0.05) is 0 Å². The van der Waals surface area contributed by atoms with E-state index in [1.54, 1.807) is 0 Å². The lowest BCUT2D eigenvalue weighted by atomic mass is 10.1. The Morgan fingerprint density at radius 2 is 2.27 bits per heavy atom. The highest BCUT2D eigenvalue weighted by Gasteiger charge is 2.41. The third-order valence-electron chi connectivity index (χ3n) is 2.02. The van der Waals surface area contributed by atoms with Gasteiger partial charge in [-0.25, -0.2) is 4.79 Å². The molecule has 0 unspecified atom stereocenters. The van der Waals surface area contributed by atoms with Crippen molar-refractivity contribution in [3.8, 4) is 0 Å². The van der Waals surface area contributed by atoms with Crippen LogP contribution < -0.4 is 0 Å². The lowest BCUT2D eigenvalue weighted by Gasteiger charge is -2.18. The SMILES string of the molecule is CC=C(O)[C@H](O)[C@H]1OC(=O)C(O)=C1OC. The number of methoxy groups -OCH3 is 1. The molecule has 1 aliphatic rings. The minimum absolute atomic E-state index is 0.194. The molecular weight excluding hydrogens is 204 g/mol. The number of hydrogen-bond donors (Lipinski definition) is 3. The van der Waals surface area contributed by atoms with Gasteiger partial charge in [-0.1, -0.05) is 0 Å². The average Bonchev–Trinajstić information content (AvgIpc) is 2.53. The van der Waals surface area contributed by atoms with Crippen LogP contribution >= 0.6 is 0 Å². The van der Waals surface area contributed by atoms with Gasteiger partial charge in [0.05, 0.1) is 7.11 Å². The predicted octanol–water partition coefficient (Wildman–Crippen LogP) is 0.150. The Hall–Kier alpha value is -1.69. The number of aliphatic hydroxyl groups is 3. The van der Waals surface area contributed by atoms with Crippen molar-refractivity contribution in [3.05, 3.63) is 23.4 Å². The Morgan fingerprint density at radius 3 is 2.73 bits per heavy atom. The van der Waals surface area contributed by atoms with Crippen LogP contribution in [0.2, 0.25) is 0 Å². The highest BCUT2D eigenvalue weighted by atomic mass is 16.6. The maximum atomic E-state index is 10.9. The molecule has 0 aromatic carbocycles. The maximum Gasteiger partial charge on any atom is 0.378 e. The van der Waals surface area contributed by atoms with Crippen molar-refractivity contribution in [2.45, 2.75) is 19.1 Å². The summed E-state index contributed by atoms with van der Waals surface area (Å²) in [7, 11) is 1.22. The van der Waals surface area contributed by atoms with Crippen molar-refractivity contribution in [1.29, 1.82) is 0 Å². The topological polar surface area (TPSA) is 96.2 Å². The Balaban J connectivity index is 2.95. The van der Waals surface area contributed by atoms with E-state index in [1.807, 2.05) is 0 Å². The van der Waals surface area contributed by atoms with Gasteiger partial charge in [-0.05, 0) is 13.0 Å². The molecule has 6 heteroatoms. The molecule has 3 N–H and O–H groups in total. The predicted molar refractivity (Wildman–Crippen MR) is 48.9 cm³/mol. The van der Waals surface area contributed by atoms with Crippen molar-refractivity contribution in [1.82, 2.24) is 0 Å². The molecule has 1 rings (SSSR count). The van der Waals surface area contributed by atoms with E-state index < -0.39 is 23.9 Å². The molecule has 0 saturated carbocycles. The van der Waals surface area contributed by atoms with Gasteiger partial charge in [-0.3, -0.25) is 0 Å².